The van der Waals surface area contributed by atoms with Gasteiger partial charge >= 0.3 is 0 Å². The zero-order valence-corrected chi connectivity index (χ0v) is 9.18. The maximum atomic E-state index is 4.35. The first-order valence-electron chi connectivity index (χ1n) is 3.93. The Morgan fingerprint density at radius 1 is 1.00 bits per heavy atom. The van der Waals surface area contributed by atoms with Crippen LogP contribution in [0.5, 0.6) is 0 Å². The molecule has 3 rings (SSSR count). The van der Waals surface area contributed by atoms with Gasteiger partial charge in [0.25, 0.3) is 0 Å². The van der Waals surface area contributed by atoms with Crippen molar-refractivity contribution in [2.75, 3.05) is 0 Å². The Bertz CT molecular complexity index is 526. The van der Waals surface area contributed by atoms with Crippen molar-refractivity contribution in [3.8, 4) is 0 Å². The van der Waals surface area contributed by atoms with Crippen molar-refractivity contribution in [2.45, 2.75) is 4.21 Å². The molecule has 0 bridgehead atoms. The molecule has 0 saturated carbocycles. The molecule has 0 radical (unpaired) electrons. The zero-order valence-electron chi connectivity index (χ0n) is 6.65. The molecule has 0 atom stereocenters. The number of hydrogen-bond donors (Lipinski definition) is 1. The number of thiophene rings is 2. The van der Waals surface area contributed by atoms with Crippen LogP contribution in [0.1, 0.15) is 0 Å². The third kappa shape index (κ3) is 1.19. The Morgan fingerprint density at radius 2 is 1.85 bits per heavy atom. The van der Waals surface area contributed by atoms with E-state index in [1.165, 1.54) is 20.2 Å². The highest BCUT2D eigenvalue weighted by atomic mass is 32.2. The van der Waals surface area contributed by atoms with Gasteiger partial charge < -0.3 is 0 Å². The molecule has 3 heteroatoms. The van der Waals surface area contributed by atoms with Crippen LogP contribution in [-0.2, 0) is 0 Å². The van der Waals surface area contributed by atoms with Gasteiger partial charge in [-0.2, -0.15) is 0 Å². The molecule has 64 valence electrons. The molecule has 0 fully saturated rings. The van der Waals surface area contributed by atoms with Gasteiger partial charge in [0.2, 0.25) is 0 Å². The van der Waals surface area contributed by atoms with Gasteiger partial charge in [-0.05, 0) is 40.4 Å². The van der Waals surface area contributed by atoms with E-state index in [1.54, 1.807) is 22.7 Å². The lowest BCUT2D eigenvalue weighted by Crippen LogP contribution is -1.61. The average molecular weight is 222 g/mol. The summed E-state index contributed by atoms with van der Waals surface area (Å²) in [5.74, 6) is 0. The van der Waals surface area contributed by atoms with E-state index >= 15 is 0 Å². The van der Waals surface area contributed by atoms with Crippen molar-refractivity contribution in [2.24, 2.45) is 0 Å². The smallest absolute Gasteiger partial charge is 0.0580 e. The number of rotatable bonds is 0. The third-order valence-corrected chi connectivity index (χ3v) is 4.26. The molecule has 0 aliphatic rings. The van der Waals surface area contributed by atoms with Crippen LogP contribution in [0.4, 0.5) is 0 Å². The van der Waals surface area contributed by atoms with Gasteiger partial charge in [-0.15, -0.1) is 35.3 Å². The predicted octanol–water partition coefficient (Wildman–Crippen LogP) is 4.40. The SMILES string of the molecule is Sc1cc2cc3sccc3cc2s1. The molecule has 3 aromatic rings. The molecular formula is C10H6S3. The molecule has 2 heterocycles. The Labute approximate surface area is 89.2 Å². The largest absolute Gasteiger partial charge is 0.144 e. The first kappa shape index (κ1) is 7.85. The minimum atomic E-state index is 1.09. The van der Waals surface area contributed by atoms with Gasteiger partial charge in [-0.1, -0.05) is 0 Å². The summed E-state index contributed by atoms with van der Waals surface area (Å²) in [4.78, 5) is 0. The first-order chi connectivity index (χ1) is 6.33. The topological polar surface area (TPSA) is 0 Å². The molecule has 1 aromatic carbocycles. The number of hydrogen-bond acceptors (Lipinski definition) is 3. The van der Waals surface area contributed by atoms with Gasteiger partial charge in [0.1, 0.15) is 0 Å². The summed E-state index contributed by atoms with van der Waals surface area (Å²) in [5.41, 5.74) is 0. The summed E-state index contributed by atoms with van der Waals surface area (Å²) in [6.07, 6.45) is 0. The molecule has 0 unspecified atom stereocenters. The fourth-order valence-electron chi connectivity index (χ4n) is 1.48. The Morgan fingerprint density at radius 3 is 2.77 bits per heavy atom. The van der Waals surface area contributed by atoms with E-state index in [9.17, 15) is 0 Å². The maximum absolute atomic E-state index is 4.35. The van der Waals surface area contributed by atoms with E-state index in [4.69, 9.17) is 0 Å². The Kier molecular flexibility index (Phi) is 1.65. The van der Waals surface area contributed by atoms with Gasteiger partial charge in [0, 0.05) is 9.40 Å². The summed E-state index contributed by atoms with van der Waals surface area (Å²) in [5, 5.41) is 4.79. The van der Waals surface area contributed by atoms with Crippen molar-refractivity contribution >= 4 is 55.5 Å². The van der Waals surface area contributed by atoms with Crippen LogP contribution < -0.4 is 0 Å². The van der Waals surface area contributed by atoms with Crippen LogP contribution in [0.2, 0.25) is 0 Å². The van der Waals surface area contributed by atoms with E-state index in [0.29, 0.717) is 0 Å². The lowest BCUT2D eigenvalue weighted by Gasteiger charge is -1.89. The lowest BCUT2D eigenvalue weighted by molar-refractivity contribution is 1.81. The van der Waals surface area contributed by atoms with Gasteiger partial charge in [-0.3, -0.25) is 0 Å². The molecule has 0 nitrogen and oxygen atoms in total. The molecule has 0 N–H and O–H groups in total. The van der Waals surface area contributed by atoms with Gasteiger partial charge in [0.15, 0.2) is 0 Å². The van der Waals surface area contributed by atoms with Crippen LogP contribution in [0.25, 0.3) is 20.2 Å². The standard InChI is InChI=1S/C10H6S3/c11-10-5-7-4-8-6(1-2-12-8)3-9(7)13-10/h1-5,11H. The predicted molar refractivity (Wildman–Crippen MR) is 64.5 cm³/mol. The Balaban J connectivity index is 2.54. The zero-order chi connectivity index (χ0) is 8.84. The molecule has 0 aliphatic carbocycles. The van der Waals surface area contributed by atoms with Crippen molar-refractivity contribution in [1.82, 2.24) is 0 Å². The van der Waals surface area contributed by atoms with Crippen LogP contribution in [-0.4, -0.2) is 0 Å². The Hall–Kier alpha value is -0.510. The van der Waals surface area contributed by atoms with Crippen molar-refractivity contribution < 1.29 is 0 Å². The molecule has 0 spiro atoms. The lowest BCUT2D eigenvalue weighted by atomic mass is 10.2. The van der Waals surface area contributed by atoms with Crippen LogP contribution in [0.15, 0.2) is 33.9 Å². The second kappa shape index (κ2) is 2.74. The highest BCUT2D eigenvalue weighted by Crippen LogP contribution is 2.33. The normalized spacial score (nSPS) is 11.5. The van der Waals surface area contributed by atoms with E-state index in [0.717, 1.165) is 4.21 Å². The summed E-state index contributed by atoms with van der Waals surface area (Å²) >= 11 is 7.88. The van der Waals surface area contributed by atoms with E-state index in [2.05, 4.69) is 42.3 Å². The molecule has 0 aliphatic heterocycles. The number of benzene rings is 1. The van der Waals surface area contributed by atoms with Crippen LogP contribution in [0.3, 0.4) is 0 Å². The second-order valence-corrected chi connectivity index (χ2v) is 5.75. The summed E-state index contributed by atoms with van der Waals surface area (Å²) < 4.78 is 3.78. The molecule has 13 heavy (non-hydrogen) atoms. The van der Waals surface area contributed by atoms with Crippen LogP contribution >= 0.6 is 35.3 Å². The van der Waals surface area contributed by atoms with Crippen molar-refractivity contribution in [1.29, 1.82) is 0 Å². The van der Waals surface area contributed by atoms with Gasteiger partial charge in [0.05, 0.1) is 4.21 Å². The second-order valence-electron chi connectivity index (χ2n) is 2.93. The number of thiol groups is 1. The first-order valence-corrected chi connectivity index (χ1v) is 6.07. The highest BCUT2D eigenvalue weighted by Gasteiger charge is 2.01. The van der Waals surface area contributed by atoms with E-state index < -0.39 is 0 Å². The average Bonchev–Trinajstić information content (AvgIpc) is 2.63. The minimum absolute atomic E-state index is 1.09. The monoisotopic (exact) mass is 222 g/mol. The summed E-state index contributed by atoms with van der Waals surface area (Å²) in [7, 11) is 0. The quantitative estimate of drug-likeness (QED) is 0.535. The van der Waals surface area contributed by atoms with E-state index in [1.807, 2.05) is 0 Å². The molecule has 0 amide bonds. The summed E-state index contributed by atoms with van der Waals surface area (Å²) in [6, 6.07) is 8.77. The minimum Gasteiger partial charge on any atom is -0.144 e. The van der Waals surface area contributed by atoms with Crippen molar-refractivity contribution in [3.63, 3.8) is 0 Å². The summed E-state index contributed by atoms with van der Waals surface area (Å²) in [6.45, 7) is 0. The molecule has 2 aromatic heterocycles. The highest BCUT2D eigenvalue weighted by molar-refractivity contribution is 7.83. The fraction of sp³-hybridized carbons (Fsp3) is 0. The molecule has 0 saturated heterocycles. The third-order valence-electron chi connectivity index (χ3n) is 2.08. The van der Waals surface area contributed by atoms with E-state index in [-0.39, 0.29) is 0 Å². The maximum Gasteiger partial charge on any atom is 0.0580 e. The van der Waals surface area contributed by atoms with Gasteiger partial charge in [-0.25, -0.2) is 0 Å². The molecular weight excluding hydrogens is 216 g/mol. The fourth-order valence-corrected chi connectivity index (χ4v) is 3.57. The van der Waals surface area contributed by atoms with Crippen LogP contribution in [0, 0.1) is 0 Å². The number of fused-ring (bicyclic) bond motifs is 2. The van der Waals surface area contributed by atoms with Crippen molar-refractivity contribution in [3.05, 3.63) is 29.6 Å².